The van der Waals surface area contributed by atoms with Gasteiger partial charge in [0.1, 0.15) is 0 Å². The van der Waals surface area contributed by atoms with Crippen molar-refractivity contribution < 1.29 is 9.90 Å². The van der Waals surface area contributed by atoms with Gasteiger partial charge < -0.3 is 10.0 Å². The standard InChI is InChI=1S/C13H12N2O2/c14-9-10-1-3-11(4-2-10)12-5-7-15(8-6-12)13(16)17/h1-5H,6-8H2,(H,16,17). The van der Waals surface area contributed by atoms with Crippen LogP contribution >= 0.6 is 0 Å². The Labute approximate surface area is 99.4 Å². The van der Waals surface area contributed by atoms with E-state index in [4.69, 9.17) is 10.4 Å². The van der Waals surface area contributed by atoms with Crippen molar-refractivity contribution in [2.45, 2.75) is 6.42 Å². The number of carbonyl (C=O) groups is 1. The Morgan fingerprint density at radius 3 is 2.53 bits per heavy atom. The predicted octanol–water partition coefficient (Wildman–Crippen LogP) is 2.33. The first-order valence-corrected chi connectivity index (χ1v) is 5.38. The molecule has 0 aromatic heterocycles. The van der Waals surface area contributed by atoms with Gasteiger partial charge >= 0.3 is 6.09 Å². The highest BCUT2D eigenvalue weighted by molar-refractivity contribution is 5.71. The normalized spacial score (nSPS) is 15.0. The van der Waals surface area contributed by atoms with E-state index in [2.05, 4.69) is 6.07 Å². The molecule has 1 aliphatic rings. The van der Waals surface area contributed by atoms with Gasteiger partial charge in [0.2, 0.25) is 0 Å². The molecule has 0 saturated heterocycles. The van der Waals surface area contributed by atoms with Crippen molar-refractivity contribution in [2.24, 2.45) is 0 Å². The second-order valence-corrected chi connectivity index (χ2v) is 3.90. The second kappa shape index (κ2) is 4.71. The van der Waals surface area contributed by atoms with Gasteiger partial charge in [0, 0.05) is 13.1 Å². The Balaban J connectivity index is 2.14. The highest BCUT2D eigenvalue weighted by atomic mass is 16.4. The van der Waals surface area contributed by atoms with E-state index >= 15 is 0 Å². The number of nitrogens with zero attached hydrogens (tertiary/aromatic N) is 2. The molecule has 86 valence electrons. The summed E-state index contributed by atoms with van der Waals surface area (Å²) in [5, 5.41) is 17.5. The summed E-state index contributed by atoms with van der Waals surface area (Å²) in [7, 11) is 0. The van der Waals surface area contributed by atoms with Crippen LogP contribution < -0.4 is 0 Å². The topological polar surface area (TPSA) is 64.3 Å². The largest absolute Gasteiger partial charge is 0.465 e. The Bertz CT molecular complexity index is 497. The Morgan fingerprint density at radius 1 is 1.35 bits per heavy atom. The lowest BCUT2D eigenvalue weighted by molar-refractivity contribution is 0.150. The van der Waals surface area contributed by atoms with E-state index in [9.17, 15) is 4.79 Å². The van der Waals surface area contributed by atoms with Crippen LogP contribution in [0.2, 0.25) is 0 Å². The maximum Gasteiger partial charge on any atom is 0.407 e. The lowest BCUT2D eigenvalue weighted by Gasteiger charge is -2.23. The molecule has 4 heteroatoms. The van der Waals surface area contributed by atoms with Crippen LogP contribution in [0.1, 0.15) is 17.5 Å². The number of rotatable bonds is 1. The summed E-state index contributed by atoms with van der Waals surface area (Å²) in [5.41, 5.74) is 2.85. The highest BCUT2D eigenvalue weighted by Gasteiger charge is 2.16. The van der Waals surface area contributed by atoms with Crippen molar-refractivity contribution in [3.05, 3.63) is 41.5 Å². The fraction of sp³-hybridized carbons (Fsp3) is 0.231. The molecule has 1 aliphatic heterocycles. The average Bonchev–Trinajstić information content (AvgIpc) is 2.39. The first kappa shape index (κ1) is 11.2. The van der Waals surface area contributed by atoms with Gasteiger partial charge in [0.15, 0.2) is 0 Å². The summed E-state index contributed by atoms with van der Waals surface area (Å²) in [6.07, 6.45) is 1.78. The molecule has 1 aromatic carbocycles. The number of hydrogen-bond acceptors (Lipinski definition) is 2. The van der Waals surface area contributed by atoms with E-state index in [1.165, 1.54) is 4.90 Å². The van der Waals surface area contributed by atoms with E-state index in [0.29, 0.717) is 18.7 Å². The van der Waals surface area contributed by atoms with Crippen molar-refractivity contribution in [3.8, 4) is 6.07 Å². The van der Waals surface area contributed by atoms with Gasteiger partial charge in [-0.15, -0.1) is 0 Å². The Hall–Kier alpha value is -2.28. The first-order valence-electron chi connectivity index (χ1n) is 5.38. The molecule has 1 heterocycles. The molecule has 4 nitrogen and oxygen atoms in total. The van der Waals surface area contributed by atoms with E-state index in [-0.39, 0.29) is 0 Å². The van der Waals surface area contributed by atoms with Gasteiger partial charge in [-0.1, -0.05) is 18.2 Å². The smallest absolute Gasteiger partial charge is 0.407 e. The van der Waals surface area contributed by atoms with E-state index in [1.54, 1.807) is 12.1 Å². The zero-order valence-electron chi connectivity index (χ0n) is 9.26. The van der Waals surface area contributed by atoms with E-state index in [0.717, 1.165) is 17.6 Å². The third-order valence-corrected chi connectivity index (χ3v) is 2.86. The molecule has 0 fully saturated rings. The molecule has 0 bridgehead atoms. The summed E-state index contributed by atoms with van der Waals surface area (Å²) in [6.45, 7) is 0.964. The van der Waals surface area contributed by atoms with Crippen LogP contribution in [0.5, 0.6) is 0 Å². The van der Waals surface area contributed by atoms with Crippen LogP contribution in [-0.4, -0.2) is 29.2 Å². The van der Waals surface area contributed by atoms with Gasteiger partial charge in [-0.3, -0.25) is 0 Å². The van der Waals surface area contributed by atoms with Crippen molar-refractivity contribution in [1.29, 1.82) is 5.26 Å². The lowest BCUT2D eigenvalue weighted by Crippen LogP contribution is -2.33. The molecule has 1 N–H and O–H groups in total. The third-order valence-electron chi connectivity index (χ3n) is 2.86. The fourth-order valence-corrected chi connectivity index (χ4v) is 1.86. The van der Waals surface area contributed by atoms with Gasteiger partial charge in [-0.25, -0.2) is 4.79 Å². The van der Waals surface area contributed by atoms with Crippen LogP contribution in [0.3, 0.4) is 0 Å². The van der Waals surface area contributed by atoms with Crippen LogP contribution in [0.4, 0.5) is 4.79 Å². The molecular formula is C13H12N2O2. The molecule has 2 rings (SSSR count). The van der Waals surface area contributed by atoms with Crippen molar-refractivity contribution >= 4 is 11.7 Å². The Kier molecular flexibility index (Phi) is 3.10. The molecule has 0 aliphatic carbocycles. The zero-order valence-corrected chi connectivity index (χ0v) is 9.26. The molecule has 17 heavy (non-hydrogen) atoms. The van der Waals surface area contributed by atoms with E-state index in [1.807, 2.05) is 18.2 Å². The minimum Gasteiger partial charge on any atom is -0.465 e. The maximum absolute atomic E-state index is 10.7. The minimum absolute atomic E-state index is 0.435. The number of carboxylic acid groups (broad SMARTS) is 1. The fourth-order valence-electron chi connectivity index (χ4n) is 1.86. The first-order chi connectivity index (χ1) is 8.20. The number of nitriles is 1. The molecule has 1 amide bonds. The van der Waals surface area contributed by atoms with Gasteiger partial charge in [0.05, 0.1) is 11.6 Å². The predicted molar refractivity (Wildman–Crippen MR) is 63.3 cm³/mol. The Morgan fingerprint density at radius 2 is 2.06 bits per heavy atom. The van der Waals surface area contributed by atoms with Gasteiger partial charge in [0.25, 0.3) is 0 Å². The maximum atomic E-state index is 10.7. The van der Waals surface area contributed by atoms with E-state index < -0.39 is 6.09 Å². The third kappa shape index (κ3) is 2.45. The number of amides is 1. The molecule has 0 saturated carbocycles. The summed E-state index contributed by atoms with van der Waals surface area (Å²) in [6, 6.07) is 9.44. The van der Waals surface area contributed by atoms with Crippen molar-refractivity contribution in [1.82, 2.24) is 4.90 Å². The molecule has 1 aromatic rings. The molecule has 0 atom stereocenters. The summed E-state index contributed by atoms with van der Waals surface area (Å²) >= 11 is 0. The average molecular weight is 228 g/mol. The minimum atomic E-state index is -0.875. The molecule has 0 radical (unpaired) electrons. The molecule has 0 spiro atoms. The van der Waals surface area contributed by atoms with Crippen molar-refractivity contribution in [2.75, 3.05) is 13.1 Å². The SMILES string of the molecule is N#Cc1ccc(C2=CCN(C(=O)O)CC2)cc1. The summed E-state index contributed by atoms with van der Waals surface area (Å²) < 4.78 is 0. The number of benzene rings is 1. The van der Waals surface area contributed by atoms with Crippen LogP contribution in [-0.2, 0) is 0 Å². The zero-order chi connectivity index (χ0) is 12.3. The van der Waals surface area contributed by atoms with Crippen LogP contribution in [0.15, 0.2) is 30.3 Å². The van der Waals surface area contributed by atoms with Crippen molar-refractivity contribution in [3.63, 3.8) is 0 Å². The summed E-state index contributed by atoms with van der Waals surface area (Å²) in [4.78, 5) is 12.1. The van der Waals surface area contributed by atoms with Crippen LogP contribution in [0.25, 0.3) is 5.57 Å². The molecular weight excluding hydrogens is 216 g/mol. The quantitative estimate of drug-likeness (QED) is 0.802. The summed E-state index contributed by atoms with van der Waals surface area (Å²) in [5.74, 6) is 0. The highest BCUT2D eigenvalue weighted by Crippen LogP contribution is 2.22. The van der Waals surface area contributed by atoms with Gasteiger partial charge in [-0.05, 0) is 29.7 Å². The lowest BCUT2D eigenvalue weighted by atomic mass is 9.99. The van der Waals surface area contributed by atoms with Gasteiger partial charge in [-0.2, -0.15) is 5.26 Å². The van der Waals surface area contributed by atoms with Crippen LogP contribution in [0, 0.1) is 11.3 Å². The monoisotopic (exact) mass is 228 g/mol. The molecule has 0 unspecified atom stereocenters. The second-order valence-electron chi connectivity index (χ2n) is 3.90. The number of hydrogen-bond donors (Lipinski definition) is 1.